The molecule has 4 nitrogen and oxygen atoms in total. The van der Waals surface area contributed by atoms with Gasteiger partial charge in [-0.05, 0) is 61.3 Å². The van der Waals surface area contributed by atoms with E-state index in [4.69, 9.17) is 9.98 Å². The summed E-state index contributed by atoms with van der Waals surface area (Å²) in [5, 5.41) is 9.81. The van der Waals surface area contributed by atoms with Crippen molar-refractivity contribution in [1.82, 2.24) is 5.32 Å². The highest BCUT2D eigenvalue weighted by molar-refractivity contribution is 6.16. The lowest BCUT2D eigenvalue weighted by molar-refractivity contribution is 0.756. The molecule has 0 saturated heterocycles. The lowest BCUT2D eigenvalue weighted by atomic mass is 9.86. The Labute approximate surface area is 315 Å². The van der Waals surface area contributed by atoms with Gasteiger partial charge in [0.2, 0.25) is 0 Å². The number of hydrogen-bond acceptors (Lipinski definition) is 4. The molecule has 0 aromatic heterocycles. The zero-order valence-corrected chi connectivity index (χ0v) is 29.5. The molecule has 2 atom stereocenters. The topological polar surface area (TPSA) is 48.8 Å². The van der Waals surface area contributed by atoms with Crippen LogP contribution in [0.1, 0.15) is 40.0 Å². The summed E-state index contributed by atoms with van der Waals surface area (Å²) in [6, 6.07) is 69.0. The third-order valence-electron chi connectivity index (χ3n) is 10.6. The number of aliphatic imine (C=N–C) groups is 2. The summed E-state index contributed by atoms with van der Waals surface area (Å²) in [5.41, 5.74) is 14.1. The van der Waals surface area contributed by atoms with E-state index in [2.05, 4.69) is 168 Å². The summed E-state index contributed by atoms with van der Waals surface area (Å²) in [4.78, 5) is 10.1. The van der Waals surface area contributed by atoms with Gasteiger partial charge in [0.25, 0.3) is 0 Å². The summed E-state index contributed by atoms with van der Waals surface area (Å²) in [6.07, 6.45) is -0.330. The molecule has 8 aromatic carbocycles. The van der Waals surface area contributed by atoms with E-state index in [0.29, 0.717) is 0 Å². The maximum Gasteiger partial charge on any atom is 0.169 e. The molecule has 0 amide bonds. The van der Waals surface area contributed by atoms with Crippen LogP contribution in [0.4, 0.5) is 5.69 Å². The van der Waals surface area contributed by atoms with Crippen molar-refractivity contribution < 1.29 is 0 Å². The van der Waals surface area contributed by atoms with Crippen molar-refractivity contribution in [3.63, 3.8) is 0 Å². The Morgan fingerprint density at radius 3 is 1.57 bits per heavy atom. The van der Waals surface area contributed by atoms with Crippen molar-refractivity contribution in [1.29, 1.82) is 0 Å². The van der Waals surface area contributed by atoms with E-state index in [-0.39, 0.29) is 12.2 Å². The van der Waals surface area contributed by atoms with Gasteiger partial charge < -0.3 is 10.6 Å². The molecule has 0 fully saturated rings. The van der Waals surface area contributed by atoms with Gasteiger partial charge >= 0.3 is 0 Å². The van der Waals surface area contributed by atoms with E-state index in [1.54, 1.807) is 0 Å². The maximum absolute atomic E-state index is 5.08. The third kappa shape index (κ3) is 5.75. The fourth-order valence-electron chi connectivity index (χ4n) is 7.93. The molecule has 2 heterocycles. The lowest BCUT2D eigenvalue weighted by Gasteiger charge is -2.30. The Kier molecular flexibility index (Phi) is 7.92. The van der Waals surface area contributed by atoms with Gasteiger partial charge in [-0.2, -0.15) is 0 Å². The van der Waals surface area contributed by atoms with Gasteiger partial charge in [-0.1, -0.05) is 188 Å². The van der Waals surface area contributed by atoms with Crippen molar-refractivity contribution >= 4 is 28.1 Å². The number of fused-ring (bicyclic) bond motifs is 4. The molecule has 2 aliphatic heterocycles. The molecule has 0 aliphatic carbocycles. The number of benzene rings is 8. The van der Waals surface area contributed by atoms with E-state index in [9.17, 15) is 0 Å². The second kappa shape index (κ2) is 13.5. The van der Waals surface area contributed by atoms with Gasteiger partial charge in [0.1, 0.15) is 11.7 Å². The minimum atomic E-state index is -0.330. The Bertz CT molecular complexity index is 2690. The third-order valence-corrected chi connectivity index (χ3v) is 10.6. The second-order valence-corrected chi connectivity index (χ2v) is 13.8. The molecule has 54 heavy (non-hydrogen) atoms. The smallest absolute Gasteiger partial charge is 0.169 e. The molecule has 4 heteroatoms. The molecule has 0 bridgehead atoms. The standard InChI is InChI=1S/C50H36N4/c1-3-13-37(14-4-1)48-52-49(38-15-5-2-6-16-38)54-50(53-48)39-31-27-34(28-32-39)41-23-12-18-35-17-11-22-40(46(35)41)33-25-29-36(30-26-33)47-44-21-8-7-19-42(44)43-20-9-10-24-45(43)51-47/h1-32,47-48,51H,(H,52,53,54). The molecular weight excluding hydrogens is 657 g/mol. The molecule has 0 saturated carbocycles. The lowest BCUT2D eigenvalue weighted by Crippen LogP contribution is -2.36. The molecule has 256 valence electrons. The van der Waals surface area contributed by atoms with Gasteiger partial charge in [-0.25, -0.2) is 9.98 Å². The number of nitrogens with zero attached hydrogens (tertiary/aromatic N) is 2. The number of hydrogen-bond donors (Lipinski definition) is 2. The van der Waals surface area contributed by atoms with Crippen LogP contribution in [0.15, 0.2) is 204 Å². The largest absolute Gasteiger partial charge is 0.374 e. The van der Waals surface area contributed by atoms with E-state index in [1.165, 1.54) is 55.4 Å². The number of para-hydroxylation sites is 1. The van der Waals surface area contributed by atoms with Crippen molar-refractivity contribution in [3.05, 3.63) is 222 Å². The first kappa shape index (κ1) is 31.7. The van der Waals surface area contributed by atoms with Crippen LogP contribution < -0.4 is 10.6 Å². The quantitative estimate of drug-likeness (QED) is 0.182. The maximum atomic E-state index is 5.08. The molecule has 2 N–H and O–H groups in total. The van der Waals surface area contributed by atoms with Crippen molar-refractivity contribution in [2.75, 3.05) is 5.32 Å². The van der Waals surface area contributed by atoms with Crippen molar-refractivity contribution in [3.8, 4) is 33.4 Å². The van der Waals surface area contributed by atoms with Gasteiger partial charge in [0.05, 0.1) is 6.04 Å². The Morgan fingerprint density at radius 2 is 0.889 bits per heavy atom. The summed E-state index contributed by atoms with van der Waals surface area (Å²) < 4.78 is 0. The predicted octanol–water partition coefficient (Wildman–Crippen LogP) is 11.9. The van der Waals surface area contributed by atoms with E-state index >= 15 is 0 Å². The van der Waals surface area contributed by atoms with Crippen LogP contribution in [-0.4, -0.2) is 11.7 Å². The highest BCUT2D eigenvalue weighted by atomic mass is 15.2. The highest BCUT2D eigenvalue weighted by Gasteiger charge is 2.25. The zero-order chi connectivity index (χ0) is 35.8. The fraction of sp³-hybridized carbons (Fsp3) is 0.0400. The normalized spacial score (nSPS) is 15.9. The van der Waals surface area contributed by atoms with Crippen LogP contribution in [0, 0.1) is 0 Å². The summed E-state index contributed by atoms with van der Waals surface area (Å²) in [6.45, 7) is 0. The van der Waals surface area contributed by atoms with E-state index in [0.717, 1.165) is 33.9 Å². The summed E-state index contributed by atoms with van der Waals surface area (Å²) in [5.74, 6) is 1.62. The molecule has 2 aliphatic rings. The van der Waals surface area contributed by atoms with Crippen LogP contribution >= 0.6 is 0 Å². The number of rotatable bonds is 6. The monoisotopic (exact) mass is 692 g/mol. The number of anilines is 1. The van der Waals surface area contributed by atoms with Crippen molar-refractivity contribution in [2.45, 2.75) is 12.2 Å². The summed E-state index contributed by atoms with van der Waals surface area (Å²) in [7, 11) is 0. The average Bonchev–Trinajstić information content (AvgIpc) is 3.26. The van der Waals surface area contributed by atoms with E-state index in [1.807, 2.05) is 36.4 Å². The van der Waals surface area contributed by atoms with Crippen LogP contribution in [-0.2, 0) is 0 Å². The van der Waals surface area contributed by atoms with Crippen LogP contribution in [0.3, 0.4) is 0 Å². The molecule has 10 rings (SSSR count). The van der Waals surface area contributed by atoms with Gasteiger partial charge in [0.15, 0.2) is 6.17 Å². The highest BCUT2D eigenvalue weighted by Crippen LogP contribution is 2.43. The predicted molar refractivity (Wildman–Crippen MR) is 224 cm³/mol. The van der Waals surface area contributed by atoms with Crippen LogP contribution in [0.2, 0.25) is 0 Å². The molecule has 8 aromatic rings. The fourth-order valence-corrected chi connectivity index (χ4v) is 7.93. The minimum absolute atomic E-state index is 0.0769. The minimum Gasteiger partial charge on any atom is -0.374 e. The first-order valence-electron chi connectivity index (χ1n) is 18.5. The first-order chi connectivity index (χ1) is 26.8. The van der Waals surface area contributed by atoms with Crippen molar-refractivity contribution in [2.24, 2.45) is 9.98 Å². The van der Waals surface area contributed by atoms with Gasteiger partial charge in [-0.3, -0.25) is 0 Å². The first-order valence-corrected chi connectivity index (χ1v) is 18.5. The number of nitrogens with one attached hydrogen (secondary N) is 2. The van der Waals surface area contributed by atoms with Crippen LogP contribution in [0.25, 0.3) is 44.2 Å². The summed E-state index contributed by atoms with van der Waals surface area (Å²) >= 11 is 0. The Balaban J connectivity index is 0.985. The van der Waals surface area contributed by atoms with Crippen LogP contribution in [0.5, 0.6) is 0 Å². The van der Waals surface area contributed by atoms with Gasteiger partial charge in [0, 0.05) is 22.4 Å². The number of amidine groups is 2. The SMILES string of the molecule is c1ccc(C2=NC(c3ccccc3)N=C(c3ccc(-c4cccc5cccc(-c6ccc(C7Nc8ccccc8-c8ccccc87)cc6)c45)cc3)N2)cc1. The Morgan fingerprint density at radius 1 is 0.370 bits per heavy atom. The second-order valence-electron chi connectivity index (χ2n) is 13.8. The molecule has 2 unspecified atom stereocenters. The average molecular weight is 693 g/mol. The molecular formula is C50H36N4. The Hall–Kier alpha value is -7.04. The molecule has 0 spiro atoms. The van der Waals surface area contributed by atoms with Gasteiger partial charge in [-0.15, -0.1) is 0 Å². The zero-order valence-electron chi connectivity index (χ0n) is 29.5. The van der Waals surface area contributed by atoms with E-state index < -0.39 is 0 Å². The molecule has 0 radical (unpaired) electrons.